The molecule has 1 aliphatic rings. The summed E-state index contributed by atoms with van der Waals surface area (Å²) in [5.74, 6) is 2.76. The molecule has 1 saturated heterocycles. The summed E-state index contributed by atoms with van der Waals surface area (Å²) in [4.78, 5) is 6.30. The van der Waals surface area contributed by atoms with Crippen LogP contribution in [0.15, 0.2) is 18.2 Å². The number of hydrogen-bond acceptors (Lipinski definition) is 5. The third kappa shape index (κ3) is 3.22. The summed E-state index contributed by atoms with van der Waals surface area (Å²) in [5, 5.41) is 0. The molecule has 1 aliphatic heterocycles. The molecule has 0 unspecified atom stereocenters. The van der Waals surface area contributed by atoms with Crippen LogP contribution in [0, 0.1) is 0 Å². The van der Waals surface area contributed by atoms with E-state index in [4.69, 9.17) is 15.0 Å². The monoisotopic (exact) mass is 289 g/mol. The van der Waals surface area contributed by atoms with Crippen LogP contribution in [0.2, 0.25) is 0 Å². The van der Waals surface area contributed by atoms with Gasteiger partial charge in [0.1, 0.15) is 5.82 Å². The molecule has 6 heteroatoms. The van der Waals surface area contributed by atoms with E-state index in [1.54, 1.807) is 6.20 Å². The molecule has 2 N–H and O–H groups in total. The molecule has 2 heterocycles. The molecule has 1 aromatic heterocycles. The maximum atomic E-state index is 5.94. The summed E-state index contributed by atoms with van der Waals surface area (Å²) in [7, 11) is 3.53. The van der Waals surface area contributed by atoms with Crippen LogP contribution in [-0.2, 0) is 9.31 Å². The summed E-state index contributed by atoms with van der Waals surface area (Å²) in [6.07, 6.45) is 3.60. The van der Waals surface area contributed by atoms with E-state index in [0.717, 1.165) is 11.4 Å². The van der Waals surface area contributed by atoms with Crippen LogP contribution in [0.5, 0.6) is 0 Å². The fourth-order valence-electron chi connectivity index (χ4n) is 2.14. The number of anilines is 2. The van der Waals surface area contributed by atoms with Crippen molar-refractivity contribution >= 4 is 24.7 Å². The third-order valence-electron chi connectivity index (χ3n) is 4.04. The molecule has 2 rings (SSSR count). The van der Waals surface area contributed by atoms with Gasteiger partial charge in [0.05, 0.1) is 23.1 Å². The van der Waals surface area contributed by atoms with E-state index in [0.29, 0.717) is 5.69 Å². The molecule has 1 aromatic rings. The fourth-order valence-corrected chi connectivity index (χ4v) is 2.14. The van der Waals surface area contributed by atoms with Gasteiger partial charge in [-0.25, -0.2) is 4.98 Å². The van der Waals surface area contributed by atoms with Crippen LogP contribution >= 0.6 is 0 Å². The number of rotatable bonds is 3. The van der Waals surface area contributed by atoms with Crippen molar-refractivity contribution < 1.29 is 9.31 Å². The van der Waals surface area contributed by atoms with Gasteiger partial charge in [-0.05, 0) is 33.8 Å². The van der Waals surface area contributed by atoms with E-state index in [-0.39, 0.29) is 18.3 Å². The molecular weight excluding hydrogens is 265 g/mol. The zero-order valence-corrected chi connectivity index (χ0v) is 13.7. The standard InChI is InChI=1S/C15H24BN3O2/c1-14(2)15(3,4)21-16(20-14)8-7-11-9-12(17)10-18-13(11)19(5)6/h7-10H,17H2,1-6H3/b8-7+. The topological polar surface area (TPSA) is 60.6 Å². The molecule has 0 atom stereocenters. The zero-order valence-electron chi connectivity index (χ0n) is 13.7. The van der Waals surface area contributed by atoms with Gasteiger partial charge < -0.3 is 19.9 Å². The van der Waals surface area contributed by atoms with E-state index >= 15 is 0 Å². The van der Waals surface area contributed by atoms with E-state index in [1.807, 2.05) is 64.8 Å². The van der Waals surface area contributed by atoms with Crippen molar-refractivity contribution in [1.29, 1.82) is 0 Å². The Morgan fingerprint density at radius 2 is 1.76 bits per heavy atom. The molecule has 114 valence electrons. The molecule has 0 aromatic carbocycles. The Hall–Kier alpha value is -1.53. The first-order chi connectivity index (χ1) is 9.62. The van der Waals surface area contributed by atoms with Crippen LogP contribution in [0.1, 0.15) is 33.3 Å². The Morgan fingerprint density at radius 3 is 2.29 bits per heavy atom. The molecule has 0 amide bonds. The van der Waals surface area contributed by atoms with Gasteiger partial charge in [0.2, 0.25) is 0 Å². The molecular formula is C15H24BN3O2. The average molecular weight is 289 g/mol. The largest absolute Gasteiger partial charge is 0.487 e. The van der Waals surface area contributed by atoms with Crippen molar-refractivity contribution in [2.75, 3.05) is 24.7 Å². The Bertz CT molecular complexity index is 540. The number of pyridine rings is 1. The van der Waals surface area contributed by atoms with Crippen LogP contribution in [0.4, 0.5) is 11.5 Å². The maximum Gasteiger partial charge on any atom is 0.487 e. The molecule has 21 heavy (non-hydrogen) atoms. The second-order valence-corrected chi connectivity index (χ2v) is 6.56. The van der Waals surface area contributed by atoms with Gasteiger partial charge in [-0.1, -0.05) is 12.1 Å². The van der Waals surface area contributed by atoms with E-state index < -0.39 is 0 Å². The molecule has 1 fully saturated rings. The average Bonchev–Trinajstić information content (AvgIpc) is 2.55. The lowest BCUT2D eigenvalue weighted by Crippen LogP contribution is -2.41. The molecule has 0 radical (unpaired) electrons. The van der Waals surface area contributed by atoms with Crippen LogP contribution in [0.25, 0.3) is 6.08 Å². The smallest absolute Gasteiger partial charge is 0.400 e. The lowest BCUT2D eigenvalue weighted by molar-refractivity contribution is 0.00578. The predicted molar refractivity (Wildman–Crippen MR) is 88.1 cm³/mol. The lowest BCUT2D eigenvalue weighted by Gasteiger charge is -2.32. The molecule has 0 saturated carbocycles. The molecule has 0 aliphatic carbocycles. The fraction of sp³-hybridized carbons (Fsp3) is 0.533. The van der Waals surface area contributed by atoms with Gasteiger partial charge in [0.15, 0.2) is 0 Å². The van der Waals surface area contributed by atoms with E-state index in [1.165, 1.54) is 0 Å². The highest BCUT2D eigenvalue weighted by Gasteiger charge is 2.50. The number of nitrogens with zero attached hydrogens (tertiary/aromatic N) is 2. The van der Waals surface area contributed by atoms with Gasteiger partial charge in [0, 0.05) is 19.7 Å². The van der Waals surface area contributed by atoms with Gasteiger partial charge in [-0.15, -0.1) is 0 Å². The van der Waals surface area contributed by atoms with Gasteiger partial charge in [-0.2, -0.15) is 0 Å². The number of hydrogen-bond donors (Lipinski definition) is 1. The third-order valence-corrected chi connectivity index (χ3v) is 4.04. The summed E-state index contributed by atoms with van der Waals surface area (Å²) >= 11 is 0. The highest BCUT2D eigenvalue weighted by molar-refractivity contribution is 6.52. The van der Waals surface area contributed by atoms with Crippen molar-refractivity contribution in [3.63, 3.8) is 0 Å². The summed E-state index contributed by atoms with van der Waals surface area (Å²) in [6.45, 7) is 8.14. The first kappa shape index (κ1) is 15.9. The van der Waals surface area contributed by atoms with E-state index in [9.17, 15) is 0 Å². The number of aromatic nitrogens is 1. The highest BCUT2D eigenvalue weighted by atomic mass is 16.7. The number of nitrogens with two attached hydrogens (primary N) is 1. The SMILES string of the molecule is CN(C)c1ncc(N)cc1/C=C/B1OC(C)(C)C(C)(C)O1. The van der Waals surface area contributed by atoms with Crippen LogP contribution < -0.4 is 10.6 Å². The second kappa shape index (κ2) is 5.35. The van der Waals surface area contributed by atoms with Gasteiger partial charge >= 0.3 is 7.12 Å². The Morgan fingerprint density at radius 1 is 1.19 bits per heavy atom. The molecule has 0 bridgehead atoms. The highest BCUT2D eigenvalue weighted by Crippen LogP contribution is 2.37. The first-order valence-corrected chi connectivity index (χ1v) is 7.09. The normalized spacial score (nSPS) is 20.2. The lowest BCUT2D eigenvalue weighted by atomic mass is 9.89. The second-order valence-electron chi connectivity index (χ2n) is 6.56. The zero-order chi connectivity index (χ0) is 15.8. The number of nitrogen functional groups attached to an aromatic ring is 1. The first-order valence-electron chi connectivity index (χ1n) is 7.09. The van der Waals surface area contributed by atoms with Crippen molar-refractivity contribution in [2.45, 2.75) is 38.9 Å². The van der Waals surface area contributed by atoms with Gasteiger partial charge in [0.25, 0.3) is 0 Å². The Kier molecular flexibility index (Phi) is 4.04. The van der Waals surface area contributed by atoms with E-state index in [2.05, 4.69) is 4.98 Å². The maximum absolute atomic E-state index is 5.94. The minimum Gasteiger partial charge on any atom is -0.400 e. The Balaban J connectivity index is 2.22. The van der Waals surface area contributed by atoms with Crippen molar-refractivity contribution in [3.8, 4) is 0 Å². The summed E-state index contributed by atoms with van der Waals surface area (Å²) in [5.41, 5.74) is 6.73. The molecule has 0 spiro atoms. The van der Waals surface area contributed by atoms with Crippen molar-refractivity contribution in [2.24, 2.45) is 0 Å². The quantitative estimate of drug-likeness (QED) is 0.866. The summed E-state index contributed by atoms with van der Waals surface area (Å²) in [6, 6.07) is 1.89. The van der Waals surface area contributed by atoms with Crippen LogP contribution in [-0.4, -0.2) is 37.4 Å². The molecule has 5 nitrogen and oxygen atoms in total. The van der Waals surface area contributed by atoms with Gasteiger partial charge in [-0.3, -0.25) is 0 Å². The Labute approximate surface area is 127 Å². The minimum atomic E-state index is -0.369. The van der Waals surface area contributed by atoms with Crippen molar-refractivity contribution in [1.82, 2.24) is 4.98 Å². The van der Waals surface area contributed by atoms with Crippen molar-refractivity contribution in [3.05, 3.63) is 23.8 Å². The minimum absolute atomic E-state index is 0.333. The predicted octanol–water partition coefficient (Wildman–Crippen LogP) is 2.37. The van der Waals surface area contributed by atoms with Crippen LogP contribution in [0.3, 0.4) is 0 Å². The summed E-state index contributed by atoms with van der Waals surface area (Å²) < 4.78 is 11.9.